The van der Waals surface area contributed by atoms with Gasteiger partial charge in [0, 0.05) is 12.0 Å². The van der Waals surface area contributed by atoms with Crippen LogP contribution < -0.4 is 5.56 Å². The fraction of sp³-hybridized carbons (Fsp3) is 0.263. The van der Waals surface area contributed by atoms with Gasteiger partial charge in [-0.2, -0.15) is 0 Å². The average molecular weight is 388 g/mol. The summed E-state index contributed by atoms with van der Waals surface area (Å²) in [6.07, 6.45) is 0.403. The topological polar surface area (TPSA) is 89.3 Å². The summed E-state index contributed by atoms with van der Waals surface area (Å²) in [5.74, 6) is -1.46. The van der Waals surface area contributed by atoms with E-state index in [4.69, 9.17) is 0 Å². The highest BCUT2D eigenvalue weighted by Gasteiger charge is 2.22. The first-order valence-corrected chi connectivity index (χ1v) is 9.11. The van der Waals surface area contributed by atoms with Crippen molar-refractivity contribution in [2.45, 2.75) is 33.7 Å². The van der Waals surface area contributed by atoms with Gasteiger partial charge in [0.1, 0.15) is 21.3 Å². The number of aryl methyl sites for hydroxylation is 3. The quantitative estimate of drug-likeness (QED) is 0.677. The summed E-state index contributed by atoms with van der Waals surface area (Å²) in [7, 11) is 0. The van der Waals surface area contributed by atoms with E-state index >= 15 is 0 Å². The molecule has 0 amide bonds. The van der Waals surface area contributed by atoms with E-state index in [1.54, 1.807) is 20.8 Å². The van der Waals surface area contributed by atoms with Crippen molar-refractivity contribution in [3.8, 4) is 0 Å². The van der Waals surface area contributed by atoms with Crippen molar-refractivity contribution >= 4 is 33.3 Å². The third-order valence-corrected chi connectivity index (χ3v) is 5.60. The number of carboxylic acid groups (broad SMARTS) is 1. The second kappa shape index (κ2) is 7.03. The number of halogens is 1. The molecule has 0 atom stereocenters. The first-order chi connectivity index (χ1) is 12.7. The van der Waals surface area contributed by atoms with Crippen LogP contribution in [-0.2, 0) is 13.0 Å². The molecule has 0 spiro atoms. The van der Waals surface area contributed by atoms with Gasteiger partial charge in [-0.1, -0.05) is 6.92 Å². The standard InChI is InChI=1S/C19H17FN2O4S/c1-4-14-21-17-15(10(3)16(27-17)19(25)26)18(24)22(14)8-13(23)11-5-6-12(20)9(2)7-11/h5-7H,4,8H2,1-3H3,(H,25,26). The summed E-state index contributed by atoms with van der Waals surface area (Å²) in [6.45, 7) is 4.68. The van der Waals surface area contributed by atoms with Gasteiger partial charge in [0.25, 0.3) is 5.56 Å². The second-order valence-electron chi connectivity index (χ2n) is 6.20. The maximum Gasteiger partial charge on any atom is 0.346 e. The summed E-state index contributed by atoms with van der Waals surface area (Å²) < 4.78 is 14.7. The number of fused-ring (bicyclic) bond motifs is 1. The Balaban J connectivity index is 2.12. The fourth-order valence-electron chi connectivity index (χ4n) is 2.95. The highest BCUT2D eigenvalue weighted by Crippen LogP contribution is 2.27. The number of Topliss-reactive ketones (excluding diaryl/α,β-unsaturated/α-hetero) is 1. The summed E-state index contributed by atoms with van der Waals surface area (Å²) in [5.41, 5.74) is 0.556. The Morgan fingerprint density at radius 3 is 2.59 bits per heavy atom. The third kappa shape index (κ3) is 3.28. The van der Waals surface area contributed by atoms with E-state index in [1.165, 1.54) is 22.8 Å². The average Bonchev–Trinajstić information content (AvgIpc) is 2.96. The normalized spacial score (nSPS) is 11.1. The highest BCUT2D eigenvalue weighted by molar-refractivity contribution is 7.20. The van der Waals surface area contributed by atoms with Crippen LogP contribution in [0.15, 0.2) is 23.0 Å². The fourth-order valence-corrected chi connectivity index (χ4v) is 3.98. The molecule has 3 aromatic rings. The molecule has 27 heavy (non-hydrogen) atoms. The lowest BCUT2D eigenvalue weighted by Gasteiger charge is -2.11. The Morgan fingerprint density at radius 2 is 2.00 bits per heavy atom. The Hall–Kier alpha value is -2.87. The monoisotopic (exact) mass is 388 g/mol. The van der Waals surface area contributed by atoms with Crippen molar-refractivity contribution in [2.24, 2.45) is 0 Å². The Kier molecular flexibility index (Phi) is 4.93. The molecule has 3 rings (SSSR count). The first-order valence-electron chi connectivity index (χ1n) is 8.30. The number of carbonyl (C=O) groups excluding carboxylic acids is 1. The number of benzene rings is 1. The van der Waals surface area contributed by atoms with Gasteiger partial charge in [0.2, 0.25) is 0 Å². The van der Waals surface area contributed by atoms with Crippen LogP contribution >= 0.6 is 11.3 Å². The van der Waals surface area contributed by atoms with Crippen molar-refractivity contribution in [1.29, 1.82) is 0 Å². The molecule has 0 saturated heterocycles. The van der Waals surface area contributed by atoms with Crippen LogP contribution in [0.4, 0.5) is 4.39 Å². The van der Waals surface area contributed by atoms with Crippen molar-refractivity contribution in [1.82, 2.24) is 9.55 Å². The van der Waals surface area contributed by atoms with Gasteiger partial charge in [-0.3, -0.25) is 14.2 Å². The van der Waals surface area contributed by atoms with Crippen LogP contribution in [0.2, 0.25) is 0 Å². The van der Waals surface area contributed by atoms with Crippen LogP contribution in [0.25, 0.3) is 10.2 Å². The number of aromatic carboxylic acids is 1. The zero-order valence-electron chi connectivity index (χ0n) is 15.0. The van der Waals surface area contributed by atoms with Crippen LogP contribution in [0.1, 0.15) is 43.9 Å². The summed E-state index contributed by atoms with van der Waals surface area (Å²) in [4.78, 5) is 41.8. The molecule has 0 radical (unpaired) electrons. The molecule has 0 fully saturated rings. The van der Waals surface area contributed by atoms with Gasteiger partial charge in [0.05, 0.1) is 11.9 Å². The van der Waals surface area contributed by atoms with E-state index in [0.29, 0.717) is 33.8 Å². The Morgan fingerprint density at radius 1 is 1.30 bits per heavy atom. The van der Waals surface area contributed by atoms with Crippen molar-refractivity contribution in [3.63, 3.8) is 0 Å². The van der Waals surface area contributed by atoms with Gasteiger partial charge >= 0.3 is 5.97 Å². The Labute approximate surface area is 157 Å². The van der Waals surface area contributed by atoms with Gasteiger partial charge in [-0.15, -0.1) is 11.3 Å². The van der Waals surface area contributed by atoms with Crippen molar-refractivity contribution < 1.29 is 19.1 Å². The van der Waals surface area contributed by atoms with Crippen molar-refractivity contribution in [3.05, 3.63) is 61.8 Å². The molecule has 0 bridgehead atoms. The van der Waals surface area contributed by atoms with Crippen LogP contribution in [0.5, 0.6) is 0 Å². The van der Waals surface area contributed by atoms with E-state index in [-0.39, 0.29) is 22.6 Å². The van der Waals surface area contributed by atoms with Gasteiger partial charge < -0.3 is 5.11 Å². The van der Waals surface area contributed by atoms with E-state index < -0.39 is 17.3 Å². The molecule has 1 aromatic carbocycles. The molecular formula is C19H17FN2O4S. The molecular weight excluding hydrogens is 371 g/mol. The lowest BCUT2D eigenvalue weighted by atomic mass is 10.1. The SMILES string of the molecule is CCc1nc2sc(C(=O)O)c(C)c2c(=O)n1CC(=O)c1ccc(F)c(C)c1. The van der Waals surface area contributed by atoms with E-state index in [2.05, 4.69) is 4.98 Å². The number of thiophene rings is 1. The van der Waals surface area contributed by atoms with Gasteiger partial charge in [-0.25, -0.2) is 14.2 Å². The summed E-state index contributed by atoms with van der Waals surface area (Å²) in [5, 5.41) is 9.50. The smallest absolute Gasteiger partial charge is 0.346 e. The molecule has 0 aliphatic rings. The van der Waals surface area contributed by atoms with Crippen LogP contribution in [0.3, 0.4) is 0 Å². The molecule has 0 aliphatic heterocycles. The molecule has 0 saturated carbocycles. The largest absolute Gasteiger partial charge is 0.477 e. The van der Waals surface area contributed by atoms with E-state index in [9.17, 15) is 23.9 Å². The van der Waals surface area contributed by atoms with Gasteiger partial charge in [-0.05, 0) is 43.2 Å². The number of carbonyl (C=O) groups is 2. The summed E-state index contributed by atoms with van der Waals surface area (Å²) >= 11 is 0.953. The molecule has 140 valence electrons. The number of nitrogens with zero attached hydrogens (tertiary/aromatic N) is 2. The molecule has 8 heteroatoms. The number of aromatic nitrogens is 2. The minimum atomic E-state index is -1.11. The number of hydrogen-bond acceptors (Lipinski definition) is 5. The highest BCUT2D eigenvalue weighted by atomic mass is 32.1. The third-order valence-electron chi connectivity index (χ3n) is 4.42. The van der Waals surface area contributed by atoms with E-state index in [0.717, 1.165) is 11.3 Å². The molecule has 1 N–H and O–H groups in total. The maximum absolute atomic E-state index is 13.4. The number of ketones is 1. The van der Waals surface area contributed by atoms with Crippen molar-refractivity contribution in [2.75, 3.05) is 0 Å². The maximum atomic E-state index is 13.4. The molecule has 0 aliphatic carbocycles. The minimum absolute atomic E-state index is 0.0647. The zero-order valence-corrected chi connectivity index (χ0v) is 15.8. The van der Waals surface area contributed by atoms with Crippen LogP contribution in [0, 0.1) is 19.7 Å². The summed E-state index contributed by atoms with van der Waals surface area (Å²) in [6, 6.07) is 4.04. The molecule has 6 nitrogen and oxygen atoms in total. The second-order valence-corrected chi connectivity index (χ2v) is 7.20. The lowest BCUT2D eigenvalue weighted by molar-refractivity contribution is 0.0701. The zero-order chi connectivity index (χ0) is 19.9. The predicted octanol–water partition coefficient (Wildman–Crippen LogP) is 3.36. The van der Waals surface area contributed by atoms with E-state index in [1.807, 2.05) is 0 Å². The molecule has 2 aromatic heterocycles. The number of rotatable bonds is 5. The molecule has 0 unspecified atom stereocenters. The molecule has 2 heterocycles. The van der Waals surface area contributed by atoms with Gasteiger partial charge in [0.15, 0.2) is 5.78 Å². The number of carboxylic acids is 1. The first kappa shape index (κ1) is 18.9. The number of hydrogen-bond donors (Lipinski definition) is 1. The minimum Gasteiger partial charge on any atom is -0.477 e. The van der Waals surface area contributed by atoms with Crippen LogP contribution in [-0.4, -0.2) is 26.4 Å². The predicted molar refractivity (Wildman–Crippen MR) is 100 cm³/mol. The lowest BCUT2D eigenvalue weighted by Crippen LogP contribution is -2.28. The Bertz CT molecular complexity index is 1150.